The van der Waals surface area contributed by atoms with Crippen molar-refractivity contribution in [2.24, 2.45) is 0 Å². The minimum atomic E-state index is 0.243. The van der Waals surface area contributed by atoms with Gasteiger partial charge in [-0.2, -0.15) is 0 Å². The molecule has 0 spiro atoms. The second-order valence-electron chi connectivity index (χ2n) is 5.45. The molecule has 3 aliphatic rings. The van der Waals surface area contributed by atoms with Crippen LogP contribution in [0.25, 0.3) is 0 Å². The molecule has 0 aromatic carbocycles. The van der Waals surface area contributed by atoms with E-state index in [0.717, 1.165) is 25.7 Å². The molecule has 6 heteroatoms. The molecule has 3 fully saturated rings. The van der Waals surface area contributed by atoms with Gasteiger partial charge in [0.1, 0.15) is 0 Å². The van der Waals surface area contributed by atoms with Crippen LogP contribution in [0.1, 0.15) is 64.2 Å². The van der Waals surface area contributed by atoms with Crippen molar-refractivity contribution < 1.29 is 20.0 Å². The summed E-state index contributed by atoms with van der Waals surface area (Å²) in [4.78, 5) is 20.8. The standard InChI is InChI=1S/C12H22N2O4/c1-3-7-11(8-4-1)13-15-17-14(18-16-13)12-9-5-2-6-10-12/h11-12H,1-10H2. The first kappa shape index (κ1) is 12.8. The first-order valence-electron chi connectivity index (χ1n) is 7.21. The lowest BCUT2D eigenvalue weighted by atomic mass is 9.96. The smallest absolute Gasteiger partial charge is 0.0691 e. The molecule has 0 aromatic heterocycles. The Bertz CT molecular complexity index is 220. The third kappa shape index (κ3) is 3.01. The Morgan fingerprint density at radius 3 is 1.17 bits per heavy atom. The lowest BCUT2D eigenvalue weighted by molar-refractivity contribution is -0.791. The summed E-state index contributed by atoms with van der Waals surface area (Å²) in [6.07, 6.45) is 11.7. The van der Waals surface area contributed by atoms with Crippen LogP contribution in [0.4, 0.5) is 0 Å². The quantitative estimate of drug-likeness (QED) is 0.710. The number of hydroxylamine groups is 4. The summed E-state index contributed by atoms with van der Waals surface area (Å²) >= 11 is 0. The summed E-state index contributed by atoms with van der Waals surface area (Å²) in [6, 6.07) is 0.486. The summed E-state index contributed by atoms with van der Waals surface area (Å²) in [6.45, 7) is 0. The van der Waals surface area contributed by atoms with E-state index in [1.807, 2.05) is 0 Å². The van der Waals surface area contributed by atoms with Crippen molar-refractivity contribution in [2.45, 2.75) is 76.3 Å². The van der Waals surface area contributed by atoms with Crippen LogP contribution in [0.2, 0.25) is 0 Å². The topological polar surface area (TPSA) is 43.4 Å². The fourth-order valence-corrected chi connectivity index (χ4v) is 2.98. The van der Waals surface area contributed by atoms with Crippen molar-refractivity contribution in [3.8, 4) is 0 Å². The first-order chi connectivity index (χ1) is 8.93. The summed E-state index contributed by atoms with van der Waals surface area (Å²) in [7, 11) is 0. The number of hydrogen-bond acceptors (Lipinski definition) is 6. The van der Waals surface area contributed by atoms with E-state index in [4.69, 9.17) is 20.0 Å². The van der Waals surface area contributed by atoms with Gasteiger partial charge >= 0.3 is 0 Å². The highest BCUT2D eigenvalue weighted by Crippen LogP contribution is 2.28. The van der Waals surface area contributed by atoms with Gasteiger partial charge in [-0.3, -0.25) is 0 Å². The number of rotatable bonds is 2. The normalized spacial score (nSPS) is 30.7. The molecule has 0 aromatic rings. The van der Waals surface area contributed by atoms with Crippen LogP contribution in [-0.4, -0.2) is 22.5 Å². The molecule has 2 aliphatic carbocycles. The fraction of sp³-hybridized carbons (Fsp3) is 1.00. The Labute approximate surface area is 107 Å². The first-order valence-corrected chi connectivity index (χ1v) is 7.21. The van der Waals surface area contributed by atoms with Gasteiger partial charge in [0.2, 0.25) is 0 Å². The maximum atomic E-state index is 5.20. The van der Waals surface area contributed by atoms with Crippen LogP contribution < -0.4 is 0 Å². The van der Waals surface area contributed by atoms with Crippen LogP contribution in [0.3, 0.4) is 0 Å². The fourth-order valence-electron chi connectivity index (χ4n) is 2.98. The Hall–Kier alpha value is -0.240. The second kappa shape index (κ2) is 6.27. The van der Waals surface area contributed by atoms with Gasteiger partial charge in [0.05, 0.1) is 12.1 Å². The summed E-state index contributed by atoms with van der Waals surface area (Å²) in [5.41, 5.74) is 0. The van der Waals surface area contributed by atoms with Crippen LogP contribution in [0.15, 0.2) is 0 Å². The lowest BCUT2D eigenvalue weighted by Crippen LogP contribution is -2.48. The minimum Gasteiger partial charge on any atom is -0.0897 e. The van der Waals surface area contributed by atoms with Crippen LogP contribution in [-0.2, 0) is 20.0 Å². The molecule has 0 radical (unpaired) electrons. The molecule has 6 nitrogen and oxygen atoms in total. The molecule has 104 valence electrons. The van der Waals surface area contributed by atoms with E-state index in [0.29, 0.717) is 0 Å². The maximum Gasteiger partial charge on any atom is 0.0691 e. The largest absolute Gasteiger partial charge is 0.0897 e. The van der Waals surface area contributed by atoms with E-state index in [-0.39, 0.29) is 12.1 Å². The zero-order valence-corrected chi connectivity index (χ0v) is 10.8. The monoisotopic (exact) mass is 258 g/mol. The highest BCUT2D eigenvalue weighted by atomic mass is 17.6. The van der Waals surface area contributed by atoms with E-state index >= 15 is 0 Å². The Kier molecular flexibility index (Phi) is 4.45. The van der Waals surface area contributed by atoms with E-state index in [9.17, 15) is 0 Å². The highest BCUT2D eigenvalue weighted by molar-refractivity contribution is 4.69. The SMILES string of the molecule is C1CCC(N2OON(C3CCCCC3)OO2)CC1. The van der Waals surface area contributed by atoms with E-state index in [1.54, 1.807) is 0 Å². The molecule has 3 rings (SSSR count). The van der Waals surface area contributed by atoms with Crippen molar-refractivity contribution in [3.63, 3.8) is 0 Å². The zero-order valence-electron chi connectivity index (χ0n) is 10.8. The third-order valence-corrected chi connectivity index (χ3v) is 4.11. The molecular weight excluding hydrogens is 236 g/mol. The van der Waals surface area contributed by atoms with Crippen LogP contribution in [0.5, 0.6) is 0 Å². The predicted molar refractivity (Wildman–Crippen MR) is 61.8 cm³/mol. The van der Waals surface area contributed by atoms with Gasteiger partial charge in [-0.1, -0.05) is 58.5 Å². The Balaban J connectivity index is 1.45. The second-order valence-corrected chi connectivity index (χ2v) is 5.45. The molecule has 0 unspecified atom stereocenters. The molecule has 0 bridgehead atoms. The molecule has 1 aliphatic heterocycles. The summed E-state index contributed by atoms with van der Waals surface area (Å²) in [5.74, 6) is 0. The van der Waals surface area contributed by atoms with Crippen molar-refractivity contribution in [3.05, 3.63) is 0 Å². The molecule has 0 atom stereocenters. The Morgan fingerprint density at radius 2 is 0.833 bits per heavy atom. The number of nitrogens with zero attached hydrogens (tertiary/aromatic N) is 2. The molecule has 2 saturated carbocycles. The molecule has 18 heavy (non-hydrogen) atoms. The third-order valence-electron chi connectivity index (χ3n) is 4.11. The molecular formula is C12H22N2O4. The average Bonchev–Trinajstić information content (AvgIpc) is 2.49. The number of hydrogen-bond donors (Lipinski definition) is 0. The molecule has 0 amide bonds. The molecule has 1 saturated heterocycles. The summed E-state index contributed by atoms with van der Waals surface area (Å²) < 4.78 is 0. The van der Waals surface area contributed by atoms with Crippen LogP contribution in [0, 0.1) is 0 Å². The van der Waals surface area contributed by atoms with E-state index in [2.05, 4.69) is 0 Å². The molecule has 0 N–H and O–H groups in total. The van der Waals surface area contributed by atoms with E-state index < -0.39 is 0 Å². The lowest BCUT2D eigenvalue weighted by Gasteiger charge is -2.37. The Morgan fingerprint density at radius 1 is 0.500 bits per heavy atom. The van der Waals surface area contributed by atoms with Gasteiger partial charge in [0.15, 0.2) is 0 Å². The predicted octanol–water partition coefficient (Wildman–Crippen LogP) is 2.83. The van der Waals surface area contributed by atoms with E-state index in [1.165, 1.54) is 49.0 Å². The van der Waals surface area contributed by atoms with Gasteiger partial charge in [0.25, 0.3) is 0 Å². The highest BCUT2D eigenvalue weighted by Gasteiger charge is 2.34. The van der Waals surface area contributed by atoms with Crippen LogP contribution >= 0.6 is 0 Å². The van der Waals surface area contributed by atoms with Gasteiger partial charge in [-0.15, -0.1) is 0 Å². The van der Waals surface area contributed by atoms with Gasteiger partial charge in [0, 0.05) is 10.5 Å². The summed E-state index contributed by atoms with van der Waals surface area (Å²) in [5, 5.41) is 2.72. The van der Waals surface area contributed by atoms with Gasteiger partial charge < -0.3 is 0 Å². The van der Waals surface area contributed by atoms with Gasteiger partial charge in [-0.25, -0.2) is 0 Å². The van der Waals surface area contributed by atoms with Crippen molar-refractivity contribution in [1.29, 1.82) is 0 Å². The average molecular weight is 258 g/mol. The van der Waals surface area contributed by atoms with Crippen molar-refractivity contribution >= 4 is 0 Å². The van der Waals surface area contributed by atoms with Gasteiger partial charge in [-0.05, 0) is 25.7 Å². The minimum absolute atomic E-state index is 0.243. The van der Waals surface area contributed by atoms with Crippen molar-refractivity contribution in [2.75, 3.05) is 0 Å². The zero-order chi connectivity index (χ0) is 12.2. The maximum absolute atomic E-state index is 5.20. The molecule has 1 heterocycles. The van der Waals surface area contributed by atoms with Crippen molar-refractivity contribution in [1.82, 2.24) is 10.5 Å².